The molecule has 1 saturated heterocycles. The normalized spacial score (nSPS) is 17.6. The number of hydrogen-bond donors (Lipinski definition) is 1. The first-order chi connectivity index (χ1) is 10.4. The third kappa shape index (κ3) is 4.67. The molecule has 0 bridgehead atoms. The molecule has 0 saturated carbocycles. The molecule has 1 aromatic carbocycles. The molecule has 0 aromatic heterocycles. The van der Waals surface area contributed by atoms with Crippen LogP contribution in [0.15, 0.2) is 23.1 Å². The lowest BCUT2D eigenvalue weighted by atomic mass is 10.1. The minimum Gasteiger partial charge on any atom is -0.495 e. The maximum Gasteiger partial charge on any atom is 0.298 e. The van der Waals surface area contributed by atoms with Gasteiger partial charge in [-0.2, -0.15) is 8.42 Å². The fraction of sp³-hybridized carbons (Fsp3) is 0.600. The smallest absolute Gasteiger partial charge is 0.298 e. The highest BCUT2D eigenvalue weighted by atomic mass is 32.2. The third-order valence-corrected chi connectivity index (χ3v) is 4.92. The summed E-state index contributed by atoms with van der Waals surface area (Å²) in [6.45, 7) is 5.34. The van der Waals surface area contributed by atoms with E-state index in [4.69, 9.17) is 4.74 Å². The van der Waals surface area contributed by atoms with E-state index < -0.39 is 10.1 Å². The van der Waals surface area contributed by atoms with Crippen LogP contribution in [-0.4, -0.2) is 69.7 Å². The molecule has 0 spiro atoms. The van der Waals surface area contributed by atoms with Gasteiger partial charge in [0.2, 0.25) is 0 Å². The van der Waals surface area contributed by atoms with Gasteiger partial charge in [-0.1, -0.05) is 6.07 Å². The molecule has 0 unspecified atom stereocenters. The number of aryl methyl sites for hydroxylation is 1. The van der Waals surface area contributed by atoms with Gasteiger partial charge in [0, 0.05) is 26.2 Å². The Bertz CT molecular complexity index is 596. The summed E-state index contributed by atoms with van der Waals surface area (Å²) in [5, 5.41) is 0. The van der Waals surface area contributed by atoms with Crippen LogP contribution in [0, 0.1) is 0 Å². The van der Waals surface area contributed by atoms with Crippen molar-refractivity contribution in [3.05, 3.63) is 23.8 Å². The molecule has 1 fully saturated rings. The average molecular weight is 328 g/mol. The lowest BCUT2D eigenvalue weighted by Gasteiger charge is -2.32. The highest BCUT2D eigenvalue weighted by Crippen LogP contribution is 2.25. The summed E-state index contributed by atoms with van der Waals surface area (Å²) in [6, 6.07) is 4.93. The van der Waals surface area contributed by atoms with Gasteiger partial charge < -0.3 is 14.5 Å². The predicted octanol–water partition coefficient (Wildman–Crippen LogP) is 1.12. The van der Waals surface area contributed by atoms with Crippen molar-refractivity contribution >= 4 is 10.1 Å². The molecule has 2 rings (SSSR count). The van der Waals surface area contributed by atoms with Crippen LogP contribution in [0.3, 0.4) is 0 Å². The van der Waals surface area contributed by atoms with Gasteiger partial charge in [0.25, 0.3) is 10.1 Å². The maximum absolute atomic E-state index is 11.4. The summed E-state index contributed by atoms with van der Waals surface area (Å²) in [5.41, 5.74) is 0.891. The topological polar surface area (TPSA) is 70.1 Å². The SMILES string of the molecule is COc1ccc(CCCN2CCN(C)CC2)cc1S(=O)(=O)O. The van der Waals surface area contributed by atoms with Gasteiger partial charge in [-0.05, 0) is 44.1 Å². The van der Waals surface area contributed by atoms with Gasteiger partial charge >= 0.3 is 0 Å². The van der Waals surface area contributed by atoms with Crippen molar-refractivity contribution < 1.29 is 17.7 Å². The lowest BCUT2D eigenvalue weighted by Crippen LogP contribution is -2.44. The zero-order valence-electron chi connectivity index (χ0n) is 13.2. The zero-order valence-corrected chi connectivity index (χ0v) is 14.0. The van der Waals surface area contributed by atoms with Crippen LogP contribution in [0.25, 0.3) is 0 Å². The van der Waals surface area contributed by atoms with Crippen LogP contribution in [-0.2, 0) is 16.5 Å². The van der Waals surface area contributed by atoms with E-state index >= 15 is 0 Å². The van der Waals surface area contributed by atoms with E-state index in [9.17, 15) is 13.0 Å². The van der Waals surface area contributed by atoms with Crippen molar-refractivity contribution in [2.24, 2.45) is 0 Å². The monoisotopic (exact) mass is 328 g/mol. The van der Waals surface area contributed by atoms with Crippen molar-refractivity contribution in [2.75, 3.05) is 46.9 Å². The maximum atomic E-state index is 11.4. The molecular formula is C15H24N2O4S. The summed E-state index contributed by atoms with van der Waals surface area (Å²) in [5.74, 6) is 0.172. The molecule has 1 aromatic rings. The lowest BCUT2D eigenvalue weighted by molar-refractivity contribution is 0.153. The first kappa shape index (κ1) is 17.2. The van der Waals surface area contributed by atoms with E-state index in [0.717, 1.165) is 51.1 Å². The van der Waals surface area contributed by atoms with Crippen molar-refractivity contribution in [1.82, 2.24) is 9.80 Å². The average Bonchev–Trinajstić information content (AvgIpc) is 2.48. The Balaban J connectivity index is 1.93. The molecule has 7 heteroatoms. The van der Waals surface area contributed by atoms with E-state index in [0.29, 0.717) is 0 Å². The van der Waals surface area contributed by atoms with Gasteiger partial charge in [0.1, 0.15) is 10.6 Å². The van der Waals surface area contributed by atoms with Crippen LogP contribution in [0.5, 0.6) is 5.75 Å². The summed E-state index contributed by atoms with van der Waals surface area (Å²) in [4.78, 5) is 4.58. The molecule has 1 aliphatic heterocycles. The number of rotatable bonds is 6. The van der Waals surface area contributed by atoms with Crippen molar-refractivity contribution in [1.29, 1.82) is 0 Å². The molecular weight excluding hydrogens is 304 g/mol. The van der Waals surface area contributed by atoms with Gasteiger partial charge in [-0.3, -0.25) is 4.55 Å². The van der Waals surface area contributed by atoms with Crippen LogP contribution in [0.1, 0.15) is 12.0 Å². The molecule has 0 aliphatic carbocycles. The Kier molecular flexibility index (Phi) is 5.80. The fourth-order valence-electron chi connectivity index (χ4n) is 2.66. The summed E-state index contributed by atoms with van der Waals surface area (Å²) >= 11 is 0. The number of hydrogen-bond acceptors (Lipinski definition) is 5. The number of likely N-dealkylation sites (N-methyl/N-ethyl adjacent to an activating group) is 1. The molecule has 124 valence electrons. The molecule has 1 heterocycles. The molecule has 1 aliphatic rings. The minimum absolute atomic E-state index is 0.160. The van der Waals surface area contributed by atoms with Crippen LogP contribution < -0.4 is 4.74 Å². The summed E-state index contributed by atoms with van der Waals surface area (Å²) in [7, 11) is -0.744. The van der Waals surface area contributed by atoms with Crippen molar-refractivity contribution in [3.8, 4) is 5.75 Å². The second kappa shape index (κ2) is 7.41. The van der Waals surface area contributed by atoms with Crippen molar-refractivity contribution in [2.45, 2.75) is 17.7 Å². The number of nitrogens with zero attached hydrogens (tertiary/aromatic N) is 2. The predicted molar refractivity (Wildman–Crippen MR) is 85.1 cm³/mol. The standard InChI is InChI=1S/C15H24N2O4S/c1-16-8-10-17(11-9-16)7-3-4-13-5-6-14(21-2)15(12-13)22(18,19)20/h5-6,12H,3-4,7-11H2,1-2H3,(H,18,19,20). The first-order valence-corrected chi connectivity index (χ1v) is 8.89. The van der Waals surface area contributed by atoms with Gasteiger partial charge in [0.05, 0.1) is 7.11 Å². The van der Waals surface area contributed by atoms with E-state index in [2.05, 4.69) is 16.8 Å². The Labute approximate surface area is 132 Å². The molecule has 0 amide bonds. The summed E-state index contributed by atoms with van der Waals surface area (Å²) in [6.07, 6.45) is 1.74. The second-order valence-electron chi connectivity index (χ2n) is 5.71. The van der Waals surface area contributed by atoms with Gasteiger partial charge in [-0.15, -0.1) is 0 Å². The van der Waals surface area contributed by atoms with Crippen LogP contribution >= 0.6 is 0 Å². The Hall–Kier alpha value is -1.15. The number of methoxy groups -OCH3 is 1. The minimum atomic E-state index is -4.26. The Morgan fingerprint density at radius 1 is 1.23 bits per heavy atom. The van der Waals surface area contributed by atoms with Crippen LogP contribution in [0.4, 0.5) is 0 Å². The highest BCUT2D eigenvalue weighted by molar-refractivity contribution is 7.86. The van der Waals surface area contributed by atoms with E-state index in [1.807, 2.05) is 6.07 Å². The second-order valence-corrected chi connectivity index (χ2v) is 7.10. The zero-order chi connectivity index (χ0) is 16.2. The molecule has 6 nitrogen and oxygen atoms in total. The molecule has 0 atom stereocenters. The van der Waals surface area contributed by atoms with E-state index in [-0.39, 0.29) is 10.6 Å². The third-order valence-electron chi connectivity index (χ3n) is 4.04. The van der Waals surface area contributed by atoms with Gasteiger partial charge in [0.15, 0.2) is 0 Å². The van der Waals surface area contributed by atoms with E-state index in [1.54, 1.807) is 6.07 Å². The summed E-state index contributed by atoms with van der Waals surface area (Å²) < 4.78 is 37.0. The number of benzene rings is 1. The first-order valence-electron chi connectivity index (χ1n) is 7.45. The number of piperazine rings is 1. The number of ether oxygens (including phenoxy) is 1. The van der Waals surface area contributed by atoms with Crippen molar-refractivity contribution in [3.63, 3.8) is 0 Å². The fourth-order valence-corrected chi connectivity index (χ4v) is 3.36. The molecule has 22 heavy (non-hydrogen) atoms. The molecule has 0 radical (unpaired) electrons. The molecule has 1 N–H and O–H groups in total. The Morgan fingerprint density at radius 2 is 1.91 bits per heavy atom. The highest BCUT2D eigenvalue weighted by Gasteiger charge is 2.17. The van der Waals surface area contributed by atoms with Gasteiger partial charge in [-0.25, -0.2) is 0 Å². The van der Waals surface area contributed by atoms with Crippen LogP contribution in [0.2, 0.25) is 0 Å². The van der Waals surface area contributed by atoms with E-state index in [1.165, 1.54) is 13.2 Å². The largest absolute Gasteiger partial charge is 0.495 e. The quantitative estimate of drug-likeness (QED) is 0.789. The Morgan fingerprint density at radius 3 is 2.50 bits per heavy atom.